The van der Waals surface area contributed by atoms with Crippen LogP contribution in [-0.4, -0.2) is 58.2 Å². The van der Waals surface area contributed by atoms with Crippen LogP contribution in [0.5, 0.6) is 0 Å². The summed E-state index contributed by atoms with van der Waals surface area (Å²) in [5.41, 5.74) is 3.93. The molecule has 3 heterocycles. The van der Waals surface area contributed by atoms with E-state index in [9.17, 15) is 19.2 Å². The molecule has 1 saturated heterocycles. The van der Waals surface area contributed by atoms with Crippen LogP contribution >= 0.6 is 0 Å². The van der Waals surface area contributed by atoms with Gasteiger partial charge in [0.05, 0.1) is 11.0 Å². The summed E-state index contributed by atoms with van der Waals surface area (Å²) in [7, 11) is 1.71. The fourth-order valence-electron chi connectivity index (χ4n) is 5.63. The molecule has 11 heteroatoms. The Kier molecular flexibility index (Phi) is 8.64. The van der Waals surface area contributed by atoms with Crippen LogP contribution in [0.15, 0.2) is 89.3 Å². The average Bonchev–Trinajstić information content (AvgIpc) is 3.79. The second kappa shape index (κ2) is 13.1. The number of likely N-dealkylation sites (tertiary alicyclic amines) is 1. The topological polar surface area (TPSA) is 130 Å². The number of aromatic nitrogens is 2. The Hall–Kier alpha value is -5.71. The normalized spacial score (nSPS) is 12.8. The highest BCUT2D eigenvalue weighted by Gasteiger charge is 2.22. The number of furan rings is 1. The smallest absolute Gasteiger partial charge is 0.293 e. The Morgan fingerprint density at radius 2 is 1.76 bits per heavy atom. The first kappa shape index (κ1) is 30.3. The van der Waals surface area contributed by atoms with Gasteiger partial charge in [-0.25, -0.2) is 4.98 Å². The van der Waals surface area contributed by atoms with E-state index < -0.39 is 5.91 Å². The molecular formula is C35H34N6O5. The van der Waals surface area contributed by atoms with E-state index in [-0.39, 0.29) is 23.5 Å². The van der Waals surface area contributed by atoms with Crippen molar-refractivity contribution in [2.45, 2.75) is 32.7 Å². The minimum absolute atomic E-state index is 0.0927. The van der Waals surface area contributed by atoms with Crippen LogP contribution in [0.2, 0.25) is 0 Å². The average molecular weight is 619 g/mol. The van der Waals surface area contributed by atoms with Crippen LogP contribution in [0.3, 0.4) is 0 Å². The van der Waals surface area contributed by atoms with Crippen LogP contribution in [0.25, 0.3) is 22.4 Å². The second-order valence-electron chi connectivity index (χ2n) is 11.2. The molecule has 0 spiro atoms. The Bertz CT molecular complexity index is 1930. The van der Waals surface area contributed by atoms with Crippen molar-refractivity contribution >= 4 is 52.0 Å². The molecule has 234 valence electrons. The number of nitrogens with one attached hydrogen (secondary N) is 2. The van der Waals surface area contributed by atoms with Gasteiger partial charge in [0, 0.05) is 62.5 Å². The molecule has 46 heavy (non-hydrogen) atoms. The number of carbonyl (C=O) groups is 4. The first-order valence-electron chi connectivity index (χ1n) is 15.2. The van der Waals surface area contributed by atoms with Crippen molar-refractivity contribution in [1.82, 2.24) is 14.5 Å². The number of rotatable bonds is 10. The summed E-state index contributed by atoms with van der Waals surface area (Å²) in [4.78, 5) is 58.4. The number of benzene rings is 3. The highest BCUT2D eigenvalue weighted by Crippen LogP contribution is 2.28. The number of aryl methyl sites for hydroxylation is 1. The third kappa shape index (κ3) is 6.53. The third-order valence-corrected chi connectivity index (χ3v) is 7.95. The van der Waals surface area contributed by atoms with Gasteiger partial charge in [0.1, 0.15) is 5.76 Å². The third-order valence-electron chi connectivity index (χ3n) is 7.95. The van der Waals surface area contributed by atoms with Crippen LogP contribution in [0.4, 0.5) is 17.3 Å². The lowest BCUT2D eigenvalue weighted by atomic mass is 10.1. The standard InChI is InChI=1S/C35H34N6O5/c1-23(42)36-26-12-6-11-25(21-26)30-16-17-31(46-30)33(44)38-35-37-28-22-27(39(2)34(45)24-9-4-3-5-10-24)14-15-29(28)41(35)20-8-19-40-18-7-13-32(40)43/h3-6,9-12,14-17,21-22H,7-8,13,18-20H2,1-2H3,(H,36,42)(H,37,38,44). The Morgan fingerprint density at radius 3 is 2.52 bits per heavy atom. The summed E-state index contributed by atoms with van der Waals surface area (Å²) in [6.45, 7) is 3.31. The molecule has 0 bridgehead atoms. The lowest BCUT2D eigenvalue weighted by molar-refractivity contribution is -0.127. The molecule has 2 aromatic heterocycles. The summed E-state index contributed by atoms with van der Waals surface area (Å²) in [6, 6.07) is 25.0. The summed E-state index contributed by atoms with van der Waals surface area (Å²) >= 11 is 0. The zero-order valence-corrected chi connectivity index (χ0v) is 25.7. The molecule has 6 rings (SSSR count). The lowest BCUT2D eigenvalue weighted by Crippen LogP contribution is -2.26. The van der Waals surface area contributed by atoms with Crippen LogP contribution < -0.4 is 15.5 Å². The SMILES string of the molecule is CC(=O)Nc1cccc(-c2ccc(C(=O)Nc3nc4cc(N(C)C(=O)c5ccccc5)ccc4n3CCCN3CCCC3=O)o2)c1. The predicted octanol–water partition coefficient (Wildman–Crippen LogP) is 5.80. The molecule has 0 radical (unpaired) electrons. The largest absolute Gasteiger partial charge is 0.451 e. The summed E-state index contributed by atoms with van der Waals surface area (Å²) in [5, 5.41) is 5.65. The minimum atomic E-state index is -0.480. The van der Waals surface area contributed by atoms with Gasteiger partial charge < -0.3 is 24.1 Å². The summed E-state index contributed by atoms with van der Waals surface area (Å²) < 4.78 is 7.82. The van der Waals surface area contributed by atoms with Gasteiger partial charge >= 0.3 is 0 Å². The van der Waals surface area contributed by atoms with E-state index in [1.54, 1.807) is 54.4 Å². The fraction of sp³-hybridized carbons (Fsp3) is 0.229. The van der Waals surface area contributed by atoms with E-state index in [1.807, 2.05) is 51.9 Å². The highest BCUT2D eigenvalue weighted by atomic mass is 16.4. The van der Waals surface area contributed by atoms with Gasteiger partial charge in [0.25, 0.3) is 11.8 Å². The number of imidazole rings is 1. The van der Waals surface area contributed by atoms with E-state index in [0.29, 0.717) is 65.7 Å². The Labute approximate surface area is 265 Å². The van der Waals surface area contributed by atoms with E-state index in [2.05, 4.69) is 10.6 Å². The van der Waals surface area contributed by atoms with Gasteiger partial charge in [-0.15, -0.1) is 0 Å². The number of amides is 4. The van der Waals surface area contributed by atoms with Crippen molar-refractivity contribution in [3.05, 3.63) is 96.3 Å². The van der Waals surface area contributed by atoms with E-state index in [4.69, 9.17) is 9.40 Å². The first-order valence-corrected chi connectivity index (χ1v) is 15.2. The number of hydrogen-bond donors (Lipinski definition) is 2. The molecule has 0 aliphatic carbocycles. The van der Waals surface area contributed by atoms with Crippen molar-refractivity contribution < 1.29 is 23.6 Å². The van der Waals surface area contributed by atoms with E-state index in [1.165, 1.54) is 6.92 Å². The molecule has 5 aromatic rings. The predicted molar refractivity (Wildman–Crippen MR) is 176 cm³/mol. The number of hydrogen-bond acceptors (Lipinski definition) is 6. The molecule has 4 amide bonds. The molecule has 3 aromatic carbocycles. The number of anilines is 3. The van der Waals surface area contributed by atoms with Crippen molar-refractivity contribution in [1.29, 1.82) is 0 Å². The maximum Gasteiger partial charge on any atom is 0.293 e. The van der Waals surface area contributed by atoms with Gasteiger partial charge in [-0.2, -0.15) is 0 Å². The van der Waals surface area contributed by atoms with Crippen molar-refractivity contribution in [2.75, 3.05) is 35.7 Å². The van der Waals surface area contributed by atoms with Gasteiger partial charge in [-0.05, 0) is 67.4 Å². The van der Waals surface area contributed by atoms with E-state index in [0.717, 1.165) is 18.5 Å². The summed E-state index contributed by atoms with van der Waals surface area (Å²) in [6.07, 6.45) is 2.12. The minimum Gasteiger partial charge on any atom is -0.451 e. The second-order valence-corrected chi connectivity index (χ2v) is 11.2. The maximum absolute atomic E-state index is 13.4. The van der Waals surface area contributed by atoms with Gasteiger partial charge in [0.2, 0.25) is 17.8 Å². The van der Waals surface area contributed by atoms with E-state index >= 15 is 0 Å². The molecule has 1 fully saturated rings. The maximum atomic E-state index is 13.4. The Balaban J connectivity index is 1.26. The van der Waals surface area contributed by atoms with Crippen molar-refractivity contribution in [3.8, 4) is 11.3 Å². The fourth-order valence-corrected chi connectivity index (χ4v) is 5.63. The quantitative estimate of drug-likeness (QED) is 0.204. The molecule has 11 nitrogen and oxygen atoms in total. The zero-order valence-electron chi connectivity index (χ0n) is 25.7. The molecule has 1 aliphatic rings. The first-order chi connectivity index (χ1) is 22.3. The van der Waals surface area contributed by atoms with Gasteiger partial charge in [-0.1, -0.05) is 30.3 Å². The van der Waals surface area contributed by atoms with Crippen molar-refractivity contribution in [2.24, 2.45) is 0 Å². The molecule has 0 saturated carbocycles. The molecule has 1 aliphatic heterocycles. The molecule has 0 unspecified atom stereocenters. The number of carbonyl (C=O) groups excluding carboxylic acids is 4. The zero-order chi connectivity index (χ0) is 32.2. The lowest BCUT2D eigenvalue weighted by Gasteiger charge is -2.18. The van der Waals surface area contributed by atoms with Gasteiger partial charge in [0.15, 0.2) is 5.76 Å². The van der Waals surface area contributed by atoms with Crippen molar-refractivity contribution in [3.63, 3.8) is 0 Å². The summed E-state index contributed by atoms with van der Waals surface area (Å²) in [5.74, 6) is 0.232. The number of nitrogens with zero attached hydrogens (tertiary/aromatic N) is 4. The molecule has 0 atom stereocenters. The Morgan fingerprint density at radius 1 is 0.935 bits per heavy atom. The monoisotopic (exact) mass is 618 g/mol. The van der Waals surface area contributed by atoms with Crippen LogP contribution in [0, 0.1) is 0 Å². The molecule has 2 N–H and O–H groups in total. The van der Waals surface area contributed by atoms with Crippen LogP contribution in [-0.2, 0) is 16.1 Å². The molecular weight excluding hydrogens is 584 g/mol. The number of fused-ring (bicyclic) bond motifs is 1. The van der Waals surface area contributed by atoms with Gasteiger partial charge in [-0.3, -0.25) is 24.5 Å². The highest BCUT2D eigenvalue weighted by molar-refractivity contribution is 6.07. The van der Waals surface area contributed by atoms with Crippen LogP contribution in [0.1, 0.15) is 47.1 Å².